The van der Waals surface area contributed by atoms with Crippen molar-refractivity contribution in [2.75, 3.05) is 6.54 Å². The zero-order valence-electron chi connectivity index (χ0n) is 9.27. The van der Waals surface area contributed by atoms with E-state index in [2.05, 4.69) is 5.10 Å². The highest BCUT2D eigenvalue weighted by atomic mass is 16.3. The van der Waals surface area contributed by atoms with E-state index in [9.17, 15) is 5.11 Å². The minimum atomic E-state index is 0.256. The molecule has 0 aliphatic carbocycles. The molecule has 1 heterocycles. The fraction of sp³-hybridized carbons (Fsp3) is 0.333. The van der Waals surface area contributed by atoms with Crippen molar-refractivity contribution in [3.05, 3.63) is 29.8 Å². The lowest BCUT2D eigenvalue weighted by molar-refractivity contribution is 0.473. The van der Waals surface area contributed by atoms with E-state index in [1.807, 2.05) is 19.1 Å². The van der Waals surface area contributed by atoms with Crippen molar-refractivity contribution >= 4 is 11.5 Å². The average molecular weight is 217 g/mol. The molecule has 0 amide bonds. The van der Waals surface area contributed by atoms with E-state index in [4.69, 9.17) is 5.41 Å². The molecule has 16 heavy (non-hydrogen) atoms. The lowest BCUT2D eigenvalue weighted by Gasteiger charge is -2.11. The molecule has 2 rings (SSSR count). The van der Waals surface area contributed by atoms with E-state index >= 15 is 0 Å². The van der Waals surface area contributed by atoms with Gasteiger partial charge in [-0.1, -0.05) is 19.1 Å². The molecule has 1 aliphatic rings. The molecule has 0 spiro atoms. The van der Waals surface area contributed by atoms with Crippen molar-refractivity contribution in [2.24, 2.45) is 5.10 Å². The summed E-state index contributed by atoms with van der Waals surface area (Å²) in [6.07, 6.45) is 1.46. The third-order valence-corrected chi connectivity index (χ3v) is 2.66. The molecule has 1 aromatic rings. The molecule has 0 radical (unpaired) electrons. The number of aromatic hydroxyl groups is 1. The highest BCUT2D eigenvalue weighted by Crippen LogP contribution is 2.22. The van der Waals surface area contributed by atoms with Crippen LogP contribution in [0.25, 0.3) is 0 Å². The Kier molecular flexibility index (Phi) is 2.90. The van der Waals surface area contributed by atoms with Gasteiger partial charge in [0.15, 0.2) is 0 Å². The highest BCUT2D eigenvalue weighted by Gasteiger charge is 2.19. The fourth-order valence-electron chi connectivity index (χ4n) is 1.74. The Bertz CT molecular complexity index is 440. The Labute approximate surface area is 94.7 Å². The molecule has 0 aromatic heterocycles. The van der Waals surface area contributed by atoms with E-state index < -0.39 is 0 Å². The number of hydrogen-bond donors (Lipinski definition) is 2. The number of nitrogens with zero attached hydrogens (tertiary/aromatic N) is 2. The second-order valence-electron chi connectivity index (χ2n) is 3.74. The van der Waals surface area contributed by atoms with E-state index in [1.54, 1.807) is 17.1 Å². The zero-order valence-corrected chi connectivity index (χ0v) is 9.27. The zero-order chi connectivity index (χ0) is 11.5. The molecular weight excluding hydrogens is 202 g/mol. The number of hydrazone groups is 1. The molecule has 84 valence electrons. The molecule has 0 unspecified atom stereocenters. The van der Waals surface area contributed by atoms with Gasteiger partial charge in [-0.15, -0.1) is 0 Å². The quantitative estimate of drug-likeness (QED) is 0.589. The second-order valence-corrected chi connectivity index (χ2v) is 3.74. The van der Waals surface area contributed by atoms with Gasteiger partial charge in [0.05, 0.1) is 5.71 Å². The number of phenolic OH excluding ortho intramolecular Hbond substituents is 1. The van der Waals surface area contributed by atoms with E-state index in [-0.39, 0.29) is 5.75 Å². The fourth-order valence-corrected chi connectivity index (χ4v) is 1.74. The van der Waals surface area contributed by atoms with Crippen LogP contribution >= 0.6 is 0 Å². The maximum Gasteiger partial charge on any atom is 0.124 e. The molecule has 4 nitrogen and oxygen atoms in total. The van der Waals surface area contributed by atoms with Crippen molar-refractivity contribution in [2.45, 2.75) is 19.8 Å². The maximum absolute atomic E-state index is 9.70. The van der Waals surface area contributed by atoms with Gasteiger partial charge in [-0.05, 0) is 12.1 Å². The van der Waals surface area contributed by atoms with Crippen LogP contribution in [0, 0.1) is 5.41 Å². The maximum atomic E-state index is 9.70. The van der Waals surface area contributed by atoms with Crippen LogP contribution in [0.4, 0.5) is 0 Å². The summed E-state index contributed by atoms with van der Waals surface area (Å²) in [6, 6.07) is 7.18. The Balaban J connectivity index is 2.25. The predicted molar refractivity (Wildman–Crippen MR) is 64.0 cm³/mol. The van der Waals surface area contributed by atoms with Gasteiger partial charge in [0.1, 0.15) is 11.6 Å². The summed E-state index contributed by atoms with van der Waals surface area (Å²) in [5.74, 6) is 0.775. The molecule has 1 aromatic carbocycles. The van der Waals surface area contributed by atoms with Crippen LogP contribution < -0.4 is 0 Å². The number of phenols is 1. The van der Waals surface area contributed by atoms with Crippen molar-refractivity contribution in [3.63, 3.8) is 0 Å². The number of para-hydroxylation sites is 1. The normalized spacial score (nSPS) is 15.1. The molecule has 4 heteroatoms. The summed E-state index contributed by atoms with van der Waals surface area (Å²) in [6.45, 7) is 2.67. The van der Waals surface area contributed by atoms with Crippen LogP contribution in [0.15, 0.2) is 29.4 Å². The minimum absolute atomic E-state index is 0.256. The van der Waals surface area contributed by atoms with E-state index in [0.717, 1.165) is 24.2 Å². The number of hydrogen-bond acceptors (Lipinski definition) is 3. The van der Waals surface area contributed by atoms with Gasteiger partial charge in [-0.2, -0.15) is 5.10 Å². The molecule has 2 N–H and O–H groups in total. The molecule has 0 atom stereocenters. The molecule has 0 saturated heterocycles. The van der Waals surface area contributed by atoms with Crippen molar-refractivity contribution < 1.29 is 5.11 Å². The van der Waals surface area contributed by atoms with Crippen molar-refractivity contribution in [1.29, 1.82) is 5.41 Å². The van der Waals surface area contributed by atoms with Crippen LogP contribution in [0.3, 0.4) is 0 Å². The summed E-state index contributed by atoms with van der Waals surface area (Å²) in [7, 11) is 0. The van der Waals surface area contributed by atoms with Gasteiger partial charge >= 0.3 is 0 Å². The molecule has 1 aliphatic heterocycles. The first kappa shape index (κ1) is 10.7. The van der Waals surface area contributed by atoms with Gasteiger partial charge in [0.2, 0.25) is 0 Å². The first-order valence-electron chi connectivity index (χ1n) is 5.43. The lowest BCUT2D eigenvalue weighted by Crippen LogP contribution is -2.21. The molecule has 0 bridgehead atoms. The Hall–Kier alpha value is -1.84. The highest BCUT2D eigenvalue weighted by molar-refractivity contribution is 6.04. The summed E-state index contributed by atoms with van der Waals surface area (Å²) < 4.78 is 0. The lowest BCUT2D eigenvalue weighted by atomic mass is 10.1. The smallest absolute Gasteiger partial charge is 0.124 e. The summed E-state index contributed by atoms with van der Waals surface area (Å²) in [4.78, 5) is 0. The van der Waals surface area contributed by atoms with E-state index in [0.29, 0.717) is 12.3 Å². The Morgan fingerprint density at radius 2 is 2.25 bits per heavy atom. The summed E-state index contributed by atoms with van der Waals surface area (Å²) >= 11 is 0. The predicted octanol–water partition coefficient (Wildman–Crippen LogP) is 2.19. The van der Waals surface area contributed by atoms with Crippen LogP contribution in [-0.4, -0.2) is 28.2 Å². The largest absolute Gasteiger partial charge is 0.507 e. The number of benzene rings is 1. The van der Waals surface area contributed by atoms with Crippen molar-refractivity contribution in [1.82, 2.24) is 5.01 Å². The third-order valence-electron chi connectivity index (χ3n) is 2.66. The average Bonchev–Trinajstić information content (AvgIpc) is 2.78. The number of nitrogens with one attached hydrogen (secondary N) is 1. The van der Waals surface area contributed by atoms with E-state index in [1.165, 1.54) is 0 Å². The molecule has 0 saturated carbocycles. The monoisotopic (exact) mass is 217 g/mol. The summed E-state index contributed by atoms with van der Waals surface area (Å²) in [5, 5.41) is 23.4. The Morgan fingerprint density at radius 1 is 1.50 bits per heavy atom. The van der Waals surface area contributed by atoms with Gasteiger partial charge in [-0.25, -0.2) is 0 Å². The van der Waals surface area contributed by atoms with Crippen LogP contribution in [0.5, 0.6) is 5.75 Å². The SMILES string of the molecule is CCC(=N)N1CCC(c2ccccc2O)=N1. The Morgan fingerprint density at radius 3 is 2.94 bits per heavy atom. The molecule has 0 fully saturated rings. The summed E-state index contributed by atoms with van der Waals surface area (Å²) in [5.41, 5.74) is 1.63. The standard InChI is InChI=1S/C12H15N3O/c1-2-12(13)15-8-7-10(14-15)9-5-3-4-6-11(9)16/h3-6,13,16H,2,7-8H2,1H3. The van der Waals surface area contributed by atoms with Crippen molar-refractivity contribution in [3.8, 4) is 5.75 Å². The van der Waals surface area contributed by atoms with Gasteiger partial charge in [-0.3, -0.25) is 10.4 Å². The number of amidine groups is 1. The van der Waals surface area contributed by atoms with Crippen LogP contribution in [-0.2, 0) is 0 Å². The van der Waals surface area contributed by atoms with Gasteiger partial charge in [0, 0.05) is 24.9 Å². The first-order chi connectivity index (χ1) is 7.72. The van der Waals surface area contributed by atoms with Crippen LogP contribution in [0.1, 0.15) is 25.3 Å². The van der Waals surface area contributed by atoms with Gasteiger partial charge in [0.25, 0.3) is 0 Å². The first-order valence-corrected chi connectivity index (χ1v) is 5.43. The minimum Gasteiger partial charge on any atom is -0.507 e. The second kappa shape index (κ2) is 4.35. The molecular formula is C12H15N3O. The number of rotatable bonds is 2. The van der Waals surface area contributed by atoms with Crippen LogP contribution in [0.2, 0.25) is 0 Å². The van der Waals surface area contributed by atoms with Gasteiger partial charge < -0.3 is 5.11 Å². The topological polar surface area (TPSA) is 59.7 Å². The third kappa shape index (κ3) is 1.91.